The summed E-state index contributed by atoms with van der Waals surface area (Å²) in [4.78, 5) is 4.40. The van der Waals surface area contributed by atoms with E-state index in [2.05, 4.69) is 41.5 Å². The molecule has 3 nitrogen and oxygen atoms in total. The summed E-state index contributed by atoms with van der Waals surface area (Å²) in [5.41, 5.74) is 4.22. The maximum atomic E-state index is 5.79. The predicted molar refractivity (Wildman–Crippen MR) is 90.0 cm³/mol. The monoisotopic (exact) mass is 290 g/mol. The van der Waals surface area contributed by atoms with Gasteiger partial charge in [-0.15, -0.1) is 0 Å². The van der Waals surface area contributed by atoms with Crippen LogP contribution >= 0.6 is 0 Å². The normalized spacial score (nSPS) is 10.3. The average molecular weight is 290 g/mol. The highest BCUT2D eigenvalue weighted by molar-refractivity contribution is 5.60. The third-order valence-electron chi connectivity index (χ3n) is 3.33. The second-order valence-corrected chi connectivity index (χ2v) is 5.25. The van der Waals surface area contributed by atoms with Crippen LogP contribution in [0.3, 0.4) is 0 Å². The SMILES string of the molecule is Cc1ccc(Nc2cnc(Oc3ccccc3)c(C)c2)cc1. The molecular formula is C19H18N2O. The van der Waals surface area contributed by atoms with Crippen LogP contribution in [0.4, 0.5) is 11.4 Å². The first-order valence-electron chi connectivity index (χ1n) is 7.24. The number of rotatable bonds is 4. The van der Waals surface area contributed by atoms with Crippen molar-refractivity contribution in [2.45, 2.75) is 13.8 Å². The van der Waals surface area contributed by atoms with E-state index in [4.69, 9.17) is 4.74 Å². The van der Waals surface area contributed by atoms with Gasteiger partial charge >= 0.3 is 0 Å². The largest absolute Gasteiger partial charge is 0.439 e. The van der Waals surface area contributed by atoms with Crippen LogP contribution in [0.2, 0.25) is 0 Å². The number of para-hydroxylation sites is 1. The highest BCUT2D eigenvalue weighted by Crippen LogP contribution is 2.25. The summed E-state index contributed by atoms with van der Waals surface area (Å²) in [7, 11) is 0. The molecular weight excluding hydrogens is 272 g/mol. The fraction of sp³-hybridized carbons (Fsp3) is 0.105. The lowest BCUT2D eigenvalue weighted by atomic mass is 10.2. The molecule has 0 spiro atoms. The topological polar surface area (TPSA) is 34.2 Å². The van der Waals surface area contributed by atoms with Crippen molar-refractivity contribution in [2.75, 3.05) is 5.32 Å². The first-order valence-corrected chi connectivity index (χ1v) is 7.24. The molecule has 0 unspecified atom stereocenters. The Bertz CT molecular complexity index is 752. The van der Waals surface area contributed by atoms with Crippen LogP contribution in [0.5, 0.6) is 11.6 Å². The van der Waals surface area contributed by atoms with Crippen LogP contribution in [0.1, 0.15) is 11.1 Å². The lowest BCUT2D eigenvalue weighted by molar-refractivity contribution is 0.459. The van der Waals surface area contributed by atoms with Gasteiger partial charge in [-0.1, -0.05) is 35.9 Å². The number of anilines is 2. The Morgan fingerprint density at radius 1 is 0.864 bits per heavy atom. The van der Waals surface area contributed by atoms with Crippen LogP contribution in [0.15, 0.2) is 66.9 Å². The van der Waals surface area contributed by atoms with Gasteiger partial charge in [0.25, 0.3) is 0 Å². The molecule has 3 aromatic rings. The highest BCUT2D eigenvalue weighted by atomic mass is 16.5. The molecule has 0 bridgehead atoms. The van der Waals surface area contributed by atoms with Crippen molar-refractivity contribution < 1.29 is 4.74 Å². The van der Waals surface area contributed by atoms with Gasteiger partial charge in [0.15, 0.2) is 0 Å². The molecule has 0 amide bonds. The van der Waals surface area contributed by atoms with Crippen LogP contribution in [-0.4, -0.2) is 4.98 Å². The number of nitrogens with one attached hydrogen (secondary N) is 1. The molecule has 1 N–H and O–H groups in total. The summed E-state index contributed by atoms with van der Waals surface area (Å²) in [6, 6.07) is 20.0. The molecule has 0 saturated heterocycles. The zero-order chi connectivity index (χ0) is 15.4. The van der Waals surface area contributed by atoms with Crippen molar-refractivity contribution in [1.29, 1.82) is 0 Å². The lowest BCUT2D eigenvalue weighted by Gasteiger charge is -2.11. The van der Waals surface area contributed by atoms with Crippen molar-refractivity contribution >= 4 is 11.4 Å². The molecule has 110 valence electrons. The molecule has 3 rings (SSSR count). The Labute approximate surface area is 130 Å². The Morgan fingerprint density at radius 3 is 2.27 bits per heavy atom. The number of nitrogens with zero attached hydrogens (tertiary/aromatic N) is 1. The van der Waals surface area contributed by atoms with Gasteiger partial charge in [0.1, 0.15) is 5.75 Å². The van der Waals surface area contributed by atoms with Crippen molar-refractivity contribution in [3.05, 3.63) is 78.0 Å². The Balaban J connectivity index is 1.75. The minimum atomic E-state index is 0.626. The number of benzene rings is 2. The molecule has 2 aromatic carbocycles. The standard InChI is InChI=1S/C19H18N2O/c1-14-8-10-16(11-9-14)21-17-12-15(2)19(20-13-17)22-18-6-4-3-5-7-18/h3-13,21H,1-2H3. The molecule has 0 radical (unpaired) electrons. The molecule has 0 aliphatic carbocycles. The van der Waals surface area contributed by atoms with Gasteiger partial charge in [-0.25, -0.2) is 4.98 Å². The maximum Gasteiger partial charge on any atom is 0.222 e. The number of hydrogen-bond donors (Lipinski definition) is 1. The zero-order valence-corrected chi connectivity index (χ0v) is 12.7. The van der Waals surface area contributed by atoms with Crippen molar-refractivity contribution in [3.8, 4) is 11.6 Å². The van der Waals surface area contributed by atoms with E-state index in [1.165, 1.54) is 5.56 Å². The number of pyridine rings is 1. The predicted octanol–water partition coefficient (Wildman–Crippen LogP) is 5.23. The summed E-state index contributed by atoms with van der Waals surface area (Å²) < 4.78 is 5.79. The van der Waals surface area contributed by atoms with Gasteiger partial charge in [-0.05, 0) is 44.2 Å². The Hall–Kier alpha value is -2.81. The van der Waals surface area contributed by atoms with Crippen molar-refractivity contribution in [3.63, 3.8) is 0 Å². The van der Waals surface area contributed by atoms with Crippen molar-refractivity contribution in [2.24, 2.45) is 0 Å². The Morgan fingerprint density at radius 2 is 1.59 bits per heavy atom. The third-order valence-corrected chi connectivity index (χ3v) is 3.33. The third kappa shape index (κ3) is 3.44. The fourth-order valence-corrected chi connectivity index (χ4v) is 2.14. The van der Waals surface area contributed by atoms with Crippen LogP contribution in [0, 0.1) is 13.8 Å². The molecule has 0 atom stereocenters. The van der Waals surface area contributed by atoms with Gasteiger partial charge in [0, 0.05) is 11.3 Å². The van der Waals surface area contributed by atoms with Gasteiger partial charge < -0.3 is 10.1 Å². The quantitative estimate of drug-likeness (QED) is 0.714. The average Bonchev–Trinajstić information content (AvgIpc) is 2.53. The van der Waals surface area contributed by atoms with E-state index in [-0.39, 0.29) is 0 Å². The summed E-state index contributed by atoms with van der Waals surface area (Å²) in [5, 5.41) is 3.34. The zero-order valence-electron chi connectivity index (χ0n) is 12.7. The fourth-order valence-electron chi connectivity index (χ4n) is 2.14. The molecule has 0 fully saturated rings. The van der Waals surface area contributed by atoms with Crippen LogP contribution < -0.4 is 10.1 Å². The van der Waals surface area contributed by atoms with Crippen molar-refractivity contribution in [1.82, 2.24) is 4.98 Å². The van der Waals surface area contributed by atoms with E-state index in [1.807, 2.05) is 43.3 Å². The molecule has 1 aromatic heterocycles. The molecule has 0 saturated carbocycles. The van der Waals surface area contributed by atoms with Crippen LogP contribution in [-0.2, 0) is 0 Å². The smallest absolute Gasteiger partial charge is 0.222 e. The summed E-state index contributed by atoms with van der Waals surface area (Å²) >= 11 is 0. The molecule has 0 aliphatic rings. The first-order chi connectivity index (χ1) is 10.7. The van der Waals surface area contributed by atoms with E-state index >= 15 is 0 Å². The van der Waals surface area contributed by atoms with Gasteiger partial charge in [0.05, 0.1) is 11.9 Å². The van der Waals surface area contributed by atoms with Gasteiger partial charge in [-0.2, -0.15) is 0 Å². The van der Waals surface area contributed by atoms with E-state index < -0.39 is 0 Å². The number of aromatic nitrogens is 1. The van der Waals surface area contributed by atoms with Gasteiger partial charge in [-0.3, -0.25) is 0 Å². The summed E-state index contributed by atoms with van der Waals surface area (Å²) in [6.07, 6.45) is 1.78. The minimum absolute atomic E-state index is 0.626. The summed E-state index contributed by atoms with van der Waals surface area (Å²) in [6.45, 7) is 4.07. The molecule has 1 heterocycles. The first kappa shape index (κ1) is 14.1. The lowest BCUT2D eigenvalue weighted by Crippen LogP contribution is -1.95. The van der Waals surface area contributed by atoms with E-state index in [0.717, 1.165) is 22.7 Å². The molecule has 0 aliphatic heterocycles. The van der Waals surface area contributed by atoms with Gasteiger partial charge in [0.2, 0.25) is 5.88 Å². The highest BCUT2D eigenvalue weighted by Gasteiger charge is 2.05. The van der Waals surface area contributed by atoms with E-state index in [1.54, 1.807) is 6.20 Å². The second-order valence-electron chi connectivity index (χ2n) is 5.25. The molecule has 3 heteroatoms. The number of aryl methyl sites for hydroxylation is 2. The van der Waals surface area contributed by atoms with Crippen LogP contribution in [0.25, 0.3) is 0 Å². The second kappa shape index (κ2) is 6.31. The minimum Gasteiger partial charge on any atom is -0.439 e. The summed E-state index contributed by atoms with van der Waals surface area (Å²) in [5.74, 6) is 1.41. The van der Waals surface area contributed by atoms with E-state index in [9.17, 15) is 0 Å². The number of ether oxygens (including phenoxy) is 1. The molecule has 22 heavy (non-hydrogen) atoms. The Kier molecular flexibility index (Phi) is 4.05. The number of hydrogen-bond acceptors (Lipinski definition) is 3. The van der Waals surface area contributed by atoms with E-state index in [0.29, 0.717) is 5.88 Å². The maximum absolute atomic E-state index is 5.79.